The van der Waals surface area contributed by atoms with Gasteiger partial charge in [0.25, 0.3) is 0 Å². The third-order valence-electron chi connectivity index (χ3n) is 2.21. The monoisotopic (exact) mass is 216 g/mol. The second-order valence-corrected chi connectivity index (χ2v) is 3.42. The fourth-order valence-electron chi connectivity index (χ4n) is 1.54. The van der Waals surface area contributed by atoms with Gasteiger partial charge in [-0.25, -0.2) is 4.79 Å². The second-order valence-electron chi connectivity index (χ2n) is 3.11. The summed E-state index contributed by atoms with van der Waals surface area (Å²) >= 11 is 4.10. The maximum atomic E-state index is 11.7. The van der Waals surface area contributed by atoms with E-state index < -0.39 is 0 Å². The zero-order valence-corrected chi connectivity index (χ0v) is 9.42. The maximum absolute atomic E-state index is 11.7. The smallest absolute Gasteiger partial charge is 0.331 e. The van der Waals surface area contributed by atoms with Crippen LogP contribution >= 0.6 is 12.6 Å². The van der Waals surface area contributed by atoms with Gasteiger partial charge in [-0.05, 0) is 13.3 Å². The highest BCUT2D eigenvalue weighted by Gasteiger charge is 2.15. The molecule has 1 aromatic heterocycles. The molecule has 0 radical (unpaired) electrons. The minimum absolute atomic E-state index is 0.0636. The van der Waals surface area contributed by atoms with Gasteiger partial charge in [0, 0.05) is 18.8 Å². The summed E-state index contributed by atoms with van der Waals surface area (Å²) < 4.78 is 2.95. The van der Waals surface area contributed by atoms with Gasteiger partial charge in [0.15, 0.2) is 0 Å². The zero-order chi connectivity index (χ0) is 10.7. The number of aromatic hydroxyl groups is 1. The molecule has 0 aliphatic carbocycles. The lowest BCUT2D eigenvalue weighted by atomic mass is 10.4. The van der Waals surface area contributed by atoms with Gasteiger partial charge in [-0.2, -0.15) is 12.6 Å². The molecule has 0 unspecified atom stereocenters. The van der Waals surface area contributed by atoms with Crippen LogP contribution in [0.3, 0.4) is 0 Å². The van der Waals surface area contributed by atoms with E-state index in [0.29, 0.717) is 24.5 Å². The molecular weight excluding hydrogens is 200 g/mol. The van der Waals surface area contributed by atoms with Crippen molar-refractivity contribution >= 4 is 12.6 Å². The highest BCUT2D eigenvalue weighted by atomic mass is 32.1. The Kier molecular flexibility index (Phi) is 3.69. The normalized spacial score (nSPS) is 10.8. The molecule has 0 amide bonds. The minimum Gasteiger partial charge on any atom is -0.493 e. The molecule has 1 aromatic rings. The van der Waals surface area contributed by atoms with E-state index in [-0.39, 0.29) is 11.6 Å². The van der Waals surface area contributed by atoms with Crippen LogP contribution in [0.25, 0.3) is 0 Å². The van der Waals surface area contributed by atoms with Gasteiger partial charge < -0.3 is 5.11 Å². The van der Waals surface area contributed by atoms with Gasteiger partial charge >= 0.3 is 5.69 Å². The maximum Gasteiger partial charge on any atom is 0.331 e. The van der Waals surface area contributed by atoms with Crippen molar-refractivity contribution in [3.8, 4) is 5.88 Å². The average Bonchev–Trinajstić information content (AvgIpc) is 2.41. The van der Waals surface area contributed by atoms with Crippen molar-refractivity contribution in [3.05, 3.63) is 16.2 Å². The van der Waals surface area contributed by atoms with Crippen LogP contribution in [0.15, 0.2) is 4.79 Å². The third-order valence-corrected chi connectivity index (χ3v) is 2.51. The first-order valence-electron chi connectivity index (χ1n) is 4.79. The number of thiol groups is 1. The lowest BCUT2D eigenvalue weighted by molar-refractivity contribution is 0.408. The predicted molar refractivity (Wildman–Crippen MR) is 59.0 cm³/mol. The SMILES string of the molecule is CCCn1c(O)c(CS)n(CC)c1=O. The Hall–Kier alpha value is -0.840. The largest absolute Gasteiger partial charge is 0.493 e. The first-order chi connectivity index (χ1) is 6.67. The van der Waals surface area contributed by atoms with Crippen molar-refractivity contribution in [1.29, 1.82) is 0 Å². The minimum atomic E-state index is -0.143. The number of hydrogen-bond acceptors (Lipinski definition) is 3. The molecule has 0 aliphatic heterocycles. The number of imidazole rings is 1. The molecule has 1 rings (SSSR count). The molecule has 1 N–H and O–H groups in total. The fraction of sp³-hybridized carbons (Fsp3) is 0.667. The van der Waals surface area contributed by atoms with Gasteiger partial charge in [-0.15, -0.1) is 0 Å². The van der Waals surface area contributed by atoms with E-state index >= 15 is 0 Å². The first kappa shape index (κ1) is 11.2. The molecule has 0 spiro atoms. The van der Waals surface area contributed by atoms with Gasteiger partial charge in [0.05, 0.1) is 5.69 Å². The van der Waals surface area contributed by atoms with E-state index in [1.807, 2.05) is 13.8 Å². The Morgan fingerprint density at radius 3 is 2.36 bits per heavy atom. The van der Waals surface area contributed by atoms with Crippen LogP contribution < -0.4 is 5.69 Å². The van der Waals surface area contributed by atoms with Gasteiger partial charge in [-0.3, -0.25) is 9.13 Å². The van der Waals surface area contributed by atoms with E-state index in [4.69, 9.17) is 0 Å². The van der Waals surface area contributed by atoms with Crippen LogP contribution in [0.1, 0.15) is 26.0 Å². The molecule has 0 aromatic carbocycles. The molecular formula is C9H16N2O2S. The topological polar surface area (TPSA) is 47.2 Å². The number of hydrogen-bond donors (Lipinski definition) is 2. The van der Waals surface area contributed by atoms with Crippen molar-refractivity contribution in [2.24, 2.45) is 0 Å². The third kappa shape index (κ3) is 1.68. The van der Waals surface area contributed by atoms with Gasteiger partial charge in [0.1, 0.15) is 0 Å². The average molecular weight is 216 g/mol. The summed E-state index contributed by atoms with van der Waals surface area (Å²) in [6.07, 6.45) is 0.827. The Bertz CT molecular complexity index is 368. The summed E-state index contributed by atoms with van der Waals surface area (Å²) in [5, 5.41) is 9.75. The Morgan fingerprint density at radius 1 is 1.36 bits per heavy atom. The molecule has 0 aliphatic rings. The van der Waals surface area contributed by atoms with Crippen molar-refractivity contribution < 1.29 is 5.11 Å². The molecule has 0 saturated heterocycles. The highest BCUT2D eigenvalue weighted by molar-refractivity contribution is 7.79. The molecule has 14 heavy (non-hydrogen) atoms. The highest BCUT2D eigenvalue weighted by Crippen LogP contribution is 2.17. The number of rotatable bonds is 4. The van der Waals surface area contributed by atoms with Crippen molar-refractivity contribution in [3.63, 3.8) is 0 Å². The Balaban J connectivity index is 3.31. The first-order valence-corrected chi connectivity index (χ1v) is 5.42. The van der Waals surface area contributed by atoms with E-state index in [1.165, 1.54) is 4.57 Å². The van der Waals surface area contributed by atoms with E-state index in [2.05, 4.69) is 12.6 Å². The lowest BCUT2D eigenvalue weighted by Crippen LogP contribution is -2.24. The zero-order valence-electron chi connectivity index (χ0n) is 8.53. The molecule has 0 fully saturated rings. The molecule has 80 valence electrons. The summed E-state index contributed by atoms with van der Waals surface area (Å²) in [5.74, 6) is 0.444. The van der Waals surface area contributed by atoms with Gasteiger partial charge in [0.2, 0.25) is 5.88 Å². The van der Waals surface area contributed by atoms with E-state index in [0.717, 1.165) is 6.42 Å². The van der Waals surface area contributed by atoms with Crippen molar-refractivity contribution in [2.75, 3.05) is 0 Å². The Labute approximate surface area is 88.6 Å². The van der Waals surface area contributed by atoms with Crippen LogP contribution in [-0.2, 0) is 18.8 Å². The standard InChI is InChI=1S/C9H16N2O2S/c1-3-5-11-8(12)7(6-14)10(4-2)9(11)13/h12,14H,3-6H2,1-2H3. The van der Waals surface area contributed by atoms with Crippen LogP contribution in [0.4, 0.5) is 0 Å². The summed E-state index contributed by atoms with van der Waals surface area (Å²) in [7, 11) is 0. The number of aromatic nitrogens is 2. The predicted octanol–water partition coefficient (Wildman–Crippen LogP) is 1.22. The van der Waals surface area contributed by atoms with Crippen LogP contribution in [0, 0.1) is 0 Å². The Morgan fingerprint density at radius 2 is 2.00 bits per heavy atom. The lowest BCUT2D eigenvalue weighted by Gasteiger charge is -1.99. The molecule has 0 saturated carbocycles. The van der Waals surface area contributed by atoms with E-state index in [1.54, 1.807) is 4.57 Å². The fourth-order valence-corrected chi connectivity index (χ4v) is 1.85. The molecule has 4 nitrogen and oxygen atoms in total. The summed E-state index contributed by atoms with van der Waals surface area (Å²) in [6, 6.07) is 0. The summed E-state index contributed by atoms with van der Waals surface area (Å²) in [5.41, 5.74) is 0.463. The molecule has 5 heteroatoms. The van der Waals surface area contributed by atoms with Crippen LogP contribution in [-0.4, -0.2) is 14.2 Å². The van der Waals surface area contributed by atoms with Crippen LogP contribution in [0.2, 0.25) is 0 Å². The quantitative estimate of drug-likeness (QED) is 0.743. The summed E-state index contributed by atoms with van der Waals surface area (Å²) in [4.78, 5) is 11.7. The van der Waals surface area contributed by atoms with Gasteiger partial charge in [-0.1, -0.05) is 6.92 Å². The van der Waals surface area contributed by atoms with Crippen LogP contribution in [0.5, 0.6) is 5.88 Å². The molecule has 0 bridgehead atoms. The number of nitrogens with zero attached hydrogens (tertiary/aromatic N) is 2. The molecule has 1 heterocycles. The molecule has 0 atom stereocenters. The second kappa shape index (κ2) is 4.59. The van der Waals surface area contributed by atoms with Crippen molar-refractivity contribution in [1.82, 2.24) is 9.13 Å². The van der Waals surface area contributed by atoms with Crippen molar-refractivity contribution in [2.45, 2.75) is 39.1 Å². The van der Waals surface area contributed by atoms with E-state index in [9.17, 15) is 9.90 Å². The summed E-state index contributed by atoms with van der Waals surface area (Å²) in [6.45, 7) is 4.97.